The largest absolute Gasteiger partial charge is 0.508 e. The Morgan fingerprint density at radius 3 is 1.80 bits per heavy atom. The number of fused-ring (bicyclic) bond motifs is 1. The standard InChI is InChI=1S/C86H126N16O19/c1-48(2)31-34-58-45-90-63(37-38-69(87)107)72(109)71(108)50(5)91-77(114)67(44-59-46-89-62-30-24-23-29-61(59)62)97-78(115)65(43-57-32-35-60(106)36-33-57)96-75(112)53(8)94-83(120)85(11,102-81(118)66(42-56-27-21-20-22-28-56)98-82(119)70(54(9)104)100-79(116)64(41-49(3)4)95-55(10)105)39-25-18-16-14-13-15-17-19-26-40-86(12,101-76(58)113)84(121)99-68(47-103)80(117)93-52(7)74(111)92-51(6)73(88)110/h15,17,20-24,27-30,32-33,35-36,46,48-54,58,63-68,70,89-90,103-104,106H,13-14,16,18-19,25-26,31,34,37-45,47H2,1-12H3,(H2,87,107)(H2,88,110)(H,91,114)(H,92,111)(H,93,117)(H,94,120)(H,95,105)(H,96,112)(H,97,115)(H,98,119)(H,99,121)(H,100,116)(H,101,113)(H,102,118)/b17-15-/t50?,51-,52?,53?,54+,58+,63-,64-,65-,66-,67-,68-,70-,85+,86-/m0/s1. The number of aliphatic hydroxyl groups is 2. The summed E-state index contributed by atoms with van der Waals surface area (Å²) in [7, 11) is 0. The number of benzene rings is 3. The maximum absolute atomic E-state index is 15.2. The average molecular weight is 1690 g/mol. The Hall–Kier alpha value is -11.5. The molecule has 0 bridgehead atoms. The van der Waals surface area contributed by atoms with Crippen LogP contribution in [0.5, 0.6) is 5.75 Å². The summed E-state index contributed by atoms with van der Waals surface area (Å²) in [6, 6.07) is 4.98. The van der Waals surface area contributed by atoms with Gasteiger partial charge in [0.1, 0.15) is 71.2 Å². The minimum atomic E-state index is -1.91. The maximum Gasteiger partial charge on any atom is 0.246 e. The van der Waals surface area contributed by atoms with Gasteiger partial charge < -0.3 is 101 Å². The molecule has 2 heterocycles. The maximum atomic E-state index is 15.2. The lowest BCUT2D eigenvalue weighted by molar-refractivity contribution is -0.140. The third-order valence-electron chi connectivity index (χ3n) is 21.1. The lowest BCUT2D eigenvalue weighted by atomic mass is 9.90. The van der Waals surface area contributed by atoms with E-state index in [0.29, 0.717) is 66.1 Å². The molecule has 35 nitrogen and oxygen atoms in total. The minimum absolute atomic E-state index is 0.00251. The summed E-state index contributed by atoms with van der Waals surface area (Å²) in [5, 5.41) is 67.0. The number of amides is 14. The fourth-order valence-corrected chi connectivity index (χ4v) is 13.6. The number of H-pyrrole nitrogens is 1. The molecule has 21 N–H and O–H groups in total. The fraction of sp³-hybridized carbons (Fsp3) is 0.558. The number of aromatic hydroxyl groups is 1. The highest BCUT2D eigenvalue weighted by Crippen LogP contribution is 2.25. The fourth-order valence-electron chi connectivity index (χ4n) is 13.6. The molecule has 664 valence electrons. The van der Waals surface area contributed by atoms with E-state index in [2.05, 4.69) is 74.1 Å². The van der Waals surface area contributed by atoms with E-state index in [4.69, 9.17) is 11.5 Å². The quantitative estimate of drug-likeness (QED) is 0.0256. The predicted molar refractivity (Wildman–Crippen MR) is 451 cm³/mol. The van der Waals surface area contributed by atoms with E-state index in [-0.39, 0.29) is 88.3 Å². The summed E-state index contributed by atoms with van der Waals surface area (Å²) in [4.78, 5) is 229. The Labute approximate surface area is 706 Å². The molecule has 1 aromatic heterocycles. The molecule has 15 atom stereocenters. The normalized spacial score (nSPS) is 22.8. The van der Waals surface area contributed by atoms with Crippen molar-refractivity contribution in [2.75, 3.05) is 13.2 Å². The zero-order chi connectivity index (χ0) is 90.0. The third-order valence-corrected chi connectivity index (χ3v) is 21.1. The van der Waals surface area contributed by atoms with Crippen LogP contribution in [0.15, 0.2) is 97.2 Å². The number of nitrogens with one attached hydrogen (secondary N) is 14. The zero-order valence-electron chi connectivity index (χ0n) is 71.4. The number of aliphatic hydroxyl groups excluding tert-OH is 2. The van der Waals surface area contributed by atoms with Crippen LogP contribution < -0.4 is 80.6 Å². The molecular formula is C86H126N16O19. The molecule has 1 aliphatic heterocycles. The highest BCUT2D eigenvalue weighted by atomic mass is 16.3. The van der Waals surface area contributed by atoms with Crippen LogP contribution in [0.1, 0.15) is 190 Å². The third kappa shape index (κ3) is 32.9. The van der Waals surface area contributed by atoms with Crippen molar-refractivity contribution in [3.8, 4) is 5.75 Å². The molecule has 1 aliphatic rings. The van der Waals surface area contributed by atoms with Crippen LogP contribution in [0, 0.1) is 17.8 Å². The van der Waals surface area contributed by atoms with Crippen molar-refractivity contribution in [3.05, 3.63) is 114 Å². The second kappa shape index (κ2) is 48.7. The number of carbonyl (C=O) groups is 16. The number of ketones is 2. The molecule has 3 unspecified atom stereocenters. The van der Waals surface area contributed by atoms with Gasteiger partial charge in [0.15, 0.2) is 0 Å². The molecule has 0 fully saturated rings. The van der Waals surface area contributed by atoms with Gasteiger partial charge in [-0.2, -0.15) is 0 Å². The van der Waals surface area contributed by atoms with Crippen LogP contribution in [-0.2, 0) is 96.0 Å². The second-order valence-corrected chi connectivity index (χ2v) is 32.7. The van der Waals surface area contributed by atoms with Crippen molar-refractivity contribution in [1.82, 2.24) is 74.1 Å². The van der Waals surface area contributed by atoms with Crippen LogP contribution in [0.25, 0.3) is 10.9 Å². The van der Waals surface area contributed by atoms with Gasteiger partial charge >= 0.3 is 0 Å². The number of hydrogen-bond acceptors (Lipinski definition) is 20. The van der Waals surface area contributed by atoms with Gasteiger partial charge in [-0.3, -0.25) is 76.7 Å². The number of phenols is 1. The van der Waals surface area contributed by atoms with Crippen molar-refractivity contribution in [2.45, 2.75) is 276 Å². The summed E-state index contributed by atoms with van der Waals surface area (Å²) in [5.74, 6) is -15.8. The van der Waals surface area contributed by atoms with Gasteiger partial charge in [0.2, 0.25) is 94.3 Å². The van der Waals surface area contributed by atoms with E-state index in [1.165, 1.54) is 79.7 Å². The van der Waals surface area contributed by atoms with Gasteiger partial charge in [0, 0.05) is 56.3 Å². The van der Waals surface area contributed by atoms with Crippen LogP contribution in [0.2, 0.25) is 0 Å². The highest BCUT2D eigenvalue weighted by molar-refractivity contribution is 6.41. The van der Waals surface area contributed by atoms with Gasteiger partial charge in [0.05, 0.1) is 30.7 Å². The van der Waals surface area contributed by atoms with Gasteiger partial charge in [-0.1, -0.05) is 126 Å². The molecule has 3 aromatic carbocycles. The summed E-state index contributed by atoms with van der Waals surface area (Å²) < 4.78 is 0. The van der Waals surface area contributed by atoms with E-state index in [1.54, 1.807) is 60.8 Å². The van der Waals surface area contributed by atoms with Crippen molar-refractivity contribution in [2.24, 2.45) is 29.2 Å². The van der Waals surface area contributed by atoms with Crippen molar-refractivity contribution in [1.29, 1.82) is 0 Å². The Morgan fingerprint density at radius 1 is 0.562 bits per heavy atom. The van der Waals surface area contributed by atoms with Crippen LogP contribution in [0.3, 0.4) is 0 Å². The van der Waals surface area contributed by atoms with E-state index in [1.807, 2.05) is 39.8 Å². The number of nitrogens with two attached hydrogens (primary N) is 2. The molecule has 35 heteroatoms. The topological polar surface area (TPSA) is 558 Å². The van der Waals surface area contributed by atoms with Gasteiger partial charge in [-0.05, 0) is 153 Å². The first-order chi connectivity index (χ1) is 57.0. The molecule has 4 aromatic rings. The lowest BCUT2D eigenvalue weighted by Crippen LogP contribution is -2.64. The summed E-state index contributed by atoms with van der Waals surface area (Å²) in [6.07, 6.45) is 5.86. The highest BCUT2D eigenvalue weighted by Gasteiger charge is 2.43. The molecular weight excluding hydrogens is 1560 g/mol. The number of rotatable bonds is 30. The Balaban J connectivity index is 1.61. The number of para-hydroxylation sites is 1. The molecule has 0 saturated carbocycles. The van der Waals surface area contributed by atoms with Gasteiger partial charge in [-0.15, -0.1) is 0 Å². The SMILES string of the molecule is CC(=O)N[C@@H](CC(C)C)C(=O)N[C@H](C(=O)N[C@@H](Cc1ccccc1)C(=O)N[C@]1(C)CCCCCC/C=C\CCC[C@@](C)(C(=O)N[C@@H](CO)C(=O)NC(C)C(=O)N[C@@H](C)C(N)=O)NC(=O)[C@H](CCC(C)C)CN[C@@H](CCC(N)=O)C(=O)C(=O)C(C)NC(=O)[C@H](Cc2c[nH]c3ccccc23)NC(=O)[C@H](Cc2ccc(O)cc2)NC(=O)C(C)NC1=O)[C@@H](C)O. The number of phenolic OH excluding ortho intramolecular Hbond substituents is 1. The number of carbonyl (C=O) groups excluding carboxylic acids is 16. The molecule has 0 aliphatic carbocycles. The summed E-state index contributed by atoms with van der Waals surface area (Å²) in [6.45, 7) is 16.6. The minimum Gasteiger partial charge on any atom is -0.508 e. The molecule has 0 radical (unpaired) electrons. The Kier molecular flexibility index (Phi) is 40.3. The molecule has 0 saturated heterocycles. The van der Waals surface area contributed by atoms with Crippen molar-refractivity contribution in [3.63, 3.8) is 0 Å². The van der Waals surface area contributed by atoms with E-state index < -0.39 is 197 Å². The monoisotopic (exact) mass is 1690 g/mol. The Bertz CT molecular complexity index is 4270. The second-order valence-electron chi connectivity index (χ2n) is 32.7. The van der Waals surface area contributed by atoms with E-state index in [9.17, 15) is 72.9 Å². The number of Topliss-reactive ketones (excluding diaryl/α,β-unsaturated/α-hetero) is 2. The van der Waals surface area contributed by atoms with Gasteiger partial charge in [0.25, 0.3) is 0 Å². The average Bonchev–Trinajstić information content (AvgIpc) is 1.69. The first-order valence-corrected chi connectivity index (χ1v) is 41.4. The number of aromatic nitrogens is 1. The van der Waals surface area contributed by atoms with Crippen LogP contribution in [-0.4, -0.2) is 211 Å². The summed E-state index contributed by atoms with van der Waals surface area (Å²) >= 11 is 0. The first-order valence-electron chi connectivity index (χ1n) is 41.4. The Morgan fingerprint density at radius 2 is 1.17 bits per heavy atom. The molecule has 0 spiro atoms. The zero-order valence-corrected chi connectivity index (χ0v) is 71.4. The molecule has 14 amide bonds. The van der Waals surface area contributed by atoms with Crippen LogP contribution >= 0.6 is 0 Å². The number of aromatic amines is 1. The predicted octanol–water partition coefficient (Wildman–Crippen LogP) is 0.998. The smallest absolute Gasteiger partial charge is 0.246 e. The molecule has 121 heavy (non-hydrogen) atoms. The van der Waals surface area contributed by atoms with Crippen LogP contribution in [0.4, 0.5) is 0 Å². The lowest BCUT2D eigenvalue weighted by Gasteiger charge is -2.33. The molecule has 5 rings (SSSR count). The van der Waals surface area contributed by atoms with Crippen molar-refractivity contribution >= 4 is 105 Å². The summed E-state index contributed by atoms with van der Waals surface area (Å²) in [5.41, 5.74) is 9.25. The van der Waals surface area contributed by atoms with Gasteiger partial charge in [-0.25, -0.2) is 0 Å². The first kappa shape index (κ1) is 100. The number of primary amides is 2. The number of hydrogen-bond donors (Lipinski definition) is 19. The number of allylic oxidation sites excluding steroid dienone is 2. The van der Waals surface area contributed by atoms with E-state index in [0.717, 1.165) is 0 Å². The van der Waals surface area contributed by atoms with E-state index >= 15 is 19.2 Å². The van der Waals surface area contributed by atoms with Crippen molar-refractivity contribution < 1.29 is 92.0 Å².